The van der Waals surface area contributed by atoms with Crippen LogP contribution in [0.4, 0.5) is 0 Å². The number of carbonyl (C=O) groups excluding carboxylic acids is 1. The third-order valence-electron chi connectivity index (χ3n) is 3.67. The molecule has 0 N–H and O–H groups in total. The molecule has 1 aliphatic heterocycles. The Morgan fingerprint density at radius 3 is 2.82 bits per heavy atom. The second-order valence-corrected chi connectivity index (χ2v) is 5.38. The second kappa shape index (κ2) is 6.62. The summed E-state index contributed by atoms with van der Waals surface area (Å²) in [6.45, 7) is 5.75. The van der Waals surface area contributed by atoms with Crippen LogP contribution in [-0.2, 0) is 11.3 Å². The number of hydrogen-bond donors (Lipinski definition) is 0. The minimum absolute atomic E-state index is 0.0200. The average molecular weight is 301 g/mol. The highest BCUT2D eigenvalue weighted by Gasteiger charge is 2.20. The highest BCUT2D eigenvalue weighted by Crippen LogP contribution is 2.10. The van der Waals surface area contributed by atoms with Crippen molar-refractivity contribution in [2.45, 2.75) is 13.5 Å². The maximum absolute atomic E-state index is 12.1. The van der Waals surface area contributed by atoms with Gasteiger partial charge in [0, 0.05) is 38.3 Å². The van der Waals surface area contributed by atoms with Crippen molar-refractivity contribution in [3.05, 3.63) is 47.8 Å². The van der Waals surface area contributed by atoms with E-state index in [1.165, 1.54) is 0 Å². The largest absolute Gasteiger partial charge is 0.465 e. The van der Waals surface area contributed by atoms with Crippen LogP contribution in [0.1, 0.15) is 17.2 Å². The minimum Gasteiger partial charge on any atom is -0.465 e. The van der Waals surface area contributed by atoms with E-state index in [-0.39, 0.29) is 5.91 Å². The van der Waals surface area contributed by atoms with E-state index in [2.05, 4.69) is 10.1 Å². The molecule has 0 bridgehead atoms. The Hall–Kier alpha value is -2.34. The molecular weight excluding hydrogens is 282 g/mol. The molecule has 0 spiro atoms. The number of piperazine rings is 1. The lowest BCUT2D eigenvalue weighted by Gasteiger charge is -2.33. The summed E-state index contributed by atoms with van der Waals surface area (Å²) in [5.41, 5.74) is 0.895. The van der Waals surface area contributed by atoms with E-state index in [1.54, 1.807) is 24.5 Å². The van der Waals surface area contributed by atoms with E-state index in [9.17, 15) is 4.79 Å². The summed E-state index contributed by atoms with van der Waals surface area (Å²) < 4.78 is 10.4. The van der Waals surface area contributed by atoms with Crippen LogP contribution in [0, 0.1) is 6.92 Å². The van der Waals surface area contributed by atoms with E-state index in [4.69, 9.17) is 8.94 Å². The number of aryl methyl sites for hydroxylation is 1. The maximum atomic E-state index is 12.1. The number of nitrogens with zero attached hydrogens (tertiary/aromatic N) is 3. The molecule has 1 saturated heterocycles. The quantitative estimate of drug-likeness (QED) is 0.808. The molecular formula is C16H19N3O3. The molecule has 6 nitrogen and oxygen atoms in total. The van der Waals surface area contributed by atoms with Crippen molar-refractivity contribution in [3.63, 3.8) is 0 Å². The number of furan rings is 1. The zero-order valence-electron chi connectivity index (χ0n) is 12.6. The van der Waals surface area contributed by atoms with Gasteiger partial charge in [-0.2, -0.15) is 0 Å². The minimum atomic E-state index is 0.0200. The lowest BCUT2D eigenvalue weighted by atomic mass is 10.2. The van der Waals surface area contributed by atoms with E-state index >= 15 is 0 Å². The van der Waals surface area contributed by atoms with Crippen LogP contribution in [0.5, 0.6) is 0 Å². The normalized spacial score (nSPS) is 16.5. The summed E-state index contributed by atoms with van der Waals surface area (Å²) in [5, 5.41) is 3.89. The summed E-state index contributed by atoms with van der Waals surface area (Å²) in [5.74, 6) is 1.58. The Labute approximate surface area is 129 Å². The molecule has 22 heavy (non-hydrogen) atoms. The zero-order valence-corrected chi connectivity index (χ0v) is 12.6. The third kappa shape index (κ3) is 3.65. The molecule has 116 valence electrons. The standard InChI is InChI=1S/C16H19N3O3/c1-13-11-15(22-17-13)12-18-6-8-19(9-7-18)16(20)5-4-14-3-2-10-21-14/h2-5,10-11H,6-9,12H2,1H3/b5-4+. The fourth-order valence-corrected chi connectivity index (χ4v) is 2.48. The van der Waals surface area contributed by atoms with E-state index in [1.807, 2.05) is 24.0 Å². The smallest absolute Gasteiger partial charge is 0.246 e. The first-order valence-electron chi connectivity index (χ1n) is 7.36. The van der Waals surface area contributed by atoms with Crippen LogP contribution in [0.15, 0.2) is 39.5 Å². The van der Waals surface area contributed by atoms with Gasteiger partial charge in [0.25, 0.3) is 0 Å². The van der Waals surface area contributed by atoms with Crippen LogP contribution in [0.3, 0.4) is 0 Å². The van der Waals surface area contributed by atoms with Crippen molar-refractivity contribution in [2.75, 3.05) is 26.2 Å². The number of rotatable bonds is 4. The highest BCUT2D eigenvalue weighted by molar-refractivity contribution is 5.91. The molecule has 1 aliphatic rings. The molecule has 1 amide bonds. The summed E-state index contributed by atoms with van der Waals surface area (Å²) in [7, 11) is 0. The molecule has 3 rings (SSSR count). The zero-order chi connectivity index (χ0) is 15.4. The van der Waals surface area contributed by atoms with Gasteiger partial charge in [-0.25, -0.2) is 0 Å². The maximum Gasteiger partial charge on any atom is 0.246 e. The Balaban J connectivity index is 1.47. The van der Waals surface area contributed by atoms with E-state index in [0.717, 1.165) is 31.1 Å². The number of amides is 1. The van der Waals surface area contributed by atoms with Gasteiger partial charge in [-0.3, -0.25) is 9.69 Å². The number of hydrogen-bond acceptors (Lipinski definition) is 5. The van der Waals surface area contributed by atoms with Gasteiger partial charge in [0.15, 0.2) is 5.76 Å². The van der Waals surface area contributed by atoms with Crippen molar-refractivity contribution in [2.24, 2.45) is 0 Å². The highest BCUT2D eigenvalue weighted by atomic mass is 16.5. The SMILES string of the molecule is Cc1cc(CN2CCN(C(=O)/C=C/c3ccco3)CC2)on1. The van der Waals surface area contributed by atoms with Crippen molar-refractivity contribution in [1.29, 1.82) is 0 Å². The van der Waals surface area contributed by atoms with Gasteiger partial charge in [-0.05, 0) is 25.1 Å². The molecule has 1 fully saturated rings. The first-order chi connectivity index (χ1) is 10.7. The first-order valence-corrected chi connectivity index (χ1v) is 7.36. The second-order valence-electron chi connectivity index (χ2n) is 5.38. The fourth-order valence-electron chi connectivity index (χ4n) is 2.48. The van der Waals surface area contributed by atoms with Gasteiger partial charge in [0.2, 0.25) is 5.91 Å². The Bertz CT molecular complexity index is 637. The molecule has 0 aliphatic carbocycles. The first kappa shape index (κ1) is 14.6. The van der Waals surface area contributed by atoms with Crippen molar-refractivity contribution < 1.29 is 13.7 Å². The predicted octanol–water partition coefficient (Wildman–Crippen LogP) is 1.93. The van der Waals surface area contributed by atoms with E-state index in [0.29, 0.717) is 18.8 Å². The van der Waals surface area contributed by atoms with Gasteiger partial charge < -0.3 is 13.8 Å². The van der Waals surface area contributed by atoms with Crippen molar-refractivity contribution in [1.82, 2.24) is 15.0 Å². The molecule has 0 aromatic carbocycles. The van der Waals surface area contributed by atoms with Gasteiger partial charge in [-0.1, -0.05) is 5.16 Å². The van der Waals surface area contributed by atoms with Gasteiger partial charge in [0.1, 0.15) is 5.76 Å². The van der Waals surface area contributed by atoms with Gasteiger partial charge in [-0.15, -0.1) is 0 Å². The Morgan fingerprint density at radius 1 is 1.36 bits per heavy atom. The monoisotopic (exact) mass is 301 g/mol. The van der Waals surface area contributed by atoms with E-state index < -0.39 is 0 Å². The van der Waals surface area contributed by atoms with Crippen molar-refractivity contribution >= 4 is 12.0 Å². The van der Waals surface area contributed by atoms with Crippen LogP contribution in [0.2, 0.25) is 0 Å². The predicted molar refractivity (Wildman–Crippen MR) is 80.8 cm³/mol. The molecule has 0 atom stereocenters. The molecule has 2 aromatic rings. The lowest BCUT2D eigenvalue weighted by molar-refractivity contribution is -0.127. The lowest BCUT2D eigenvalue weighted by Crippen LogP contribution is -2.47. The molecule has 0 saturated carbocycles. The van der Waals surface area contributed by atoms with Crippen LogP contribution in [-0.4, -0.2) is 47.0 Å². The van der Waals surface area contributed by atoms with Gasteiger partial charge in [0.05, 0.1) is 18.5 Å². The molecule has 0 unspecified atom stereocenters. The van der Waals surface area contributed by atoms with Crippen LogP contribution in [0.25, 0.3) is 6.08 Å². The average Bonchev–Trinajstić information content (AvgIpc) is 3.17. The third-order valence-corrected chi connectivity index (χ3v) is 3.67. The Morgan fingerprint density at radius 2 is 2.18 bits per heavy atom. The molecule has 3 heterocycles. The summed E-state index contributed by atoms with van der Waals surface area (Å²) in [6.07, 6.45) is 4.86. The van der Waals surface area contributed by atoms with Crippen LogP contribution < -0.4 is 0 Å². The molecule has 6 heteroatoms. The number of aromatic nitrogens is 1. The van der Waals surface area contributed by atoms with Crippen molar-refractivity contribution in [3.8, 4) is 0 Å². The fraction of sp³-hybridized carbons (Fsp3) is 0.375. The summed E-state index contributed by atoms with van der Waals surface area (Å²) in [4.78, 5) is 16.2. The number of carbonyl (C=O) groups is 1. The van der Waals surface area contributed by atoms with Crippen LogP contribution >= 0.6 is 0 Å². The Kier molecular flexibility index (Phi) is 4.39. The molecule has 2 aromatic heterocycles. The summed E-state index contributed by atoms with van der Waals surface area (Å²) in [6, 6.07) is 5.57. The van der Waals surface area contributed by atoms with Gasteiger partial charge >= 0.3 is 0 Å². The summed E-state index contributed by atoms with van der Waals surface area (Å²) >= 11 is 0. The topological polar surface area (TPSA) is 62.7 Å². The molecule has 0 radical (unpaired) electrons.